The summed E-state index contributed by atoms with van der Waals surface area (Å²) in [5, 5.41) is 18.9. The molecule has 1 aromatic heterocycles. The summed E-state index contributed by atoms with van der Waals surface area (Å²) < 4.78 is 59.6. The highest BCUT2D eigenvalue weighted by Gasteiger charge is 2.39. The zero-order valence-electron chi connectivity index (χ0n) is 22.0. The van der Waals surface area contributed by atoms with Crippen LogP contribution in [0.1, 0.15) is 67.4 Å². The van der Waals surface area contributed by atoms with Crippen LogP contribution in [0.3, 0.4) is 0 Å². The second kappa shape index (κ2) is 10.6. The van der Waals surface area contributed by atoms with Crippen molar-refractivity contribution in [2.45, 2.75) is 63.3 Å². The van der Waals surface area contributed by atoms with Gasteiger partial charge in [0.2, 0.25) is 0 Å². The van der Waals surface area contributed by atoms with Gasteiger partial charge in [-0.15, -0.1) is 0 Å². The molecule has 2 heterocycles. The third-order valence-electron chi connectivity index (χ3n) is 7.06. The molecule has 0 amide bonds. The molecule has 2 N–H and O–H groups in total. The number of hydrogen-bond acceptors (Lipinski definition) is 7. The van der Waals surface area contributed by atoms with Crippen molar-refractivity contribution >= 4 is 5.97 Å². The molecule has 3 aromatic rings. The van der Waals surface area contributed by atoms with Crippen LogP contribution in [0.5, 0.6) is 17.2 Å². The second-order valence-corrected chi connectivity index (χ2v) is 10.7. The first-order chi connectivity index (χ1) is 18.9. The number of aliphatic hydroxyl groups is 1. The van der Waals surface area contributed by atoms with Gasteiger partial charge in [0.1, 0.15) is 17.6 Å². The summed E-state index contributed by atoms with van der Waals surface area (Å²) in [7, 11) is 0. The van der Waals surface area contributed by atoms with Crippen LogP contribution < -0.4 is 14.2 Å². The zero-order valence-corrected chi connectivity index (χ0v) is 22.0. The lowest BCUT2D eigenvalue weighted by Crippen LogP contribution is -2.21. The summed E-state index contributed by atoms with van der Waals surface area (Å²) in [6.07, 6.45) is -1.32. The number of aromatic nitrogens is 2. The Balaban J connectivity index is 1.39. The number of carboxylic acids is 1. The molecule has 0 saturated heterocycles. The monoisotopic (exact) mass is 558 g/mol. The normalized spacial score (nSPS) is 18.1. The lowest BCUT2D eigenvalue weighted by Gasteiger charge is -2.19. The van der Waals surface area contributed by atoms with E-state index in [1.54, 1.807) is 32.0 Å². The molecule has 1 aliphatic heterocycles. The van der Waals surface area contributed by atoms with Gasteiger partial charge in [-0.3, -0.25) is 4.79 Å². The molecular weight excluding hydrogens is 529 g/mol. The first-order valence-electron chi connectivity index (χ1n) is 12.9. The lowest BCUT2D eigenvalue weighted by molar-refractivity contribution is -0.138. The summed E-state index contributed by atoms with van der Waals surface area (Å²) in [6, 6.07) is 7.68. The minimum absolute atomic E-state index is 0.0382. The number of ether oxygens (including phenoxy) is 3. The first kappa shape index (κ1) is 27.7. The highest BCUT2D eigenvalue weighted by atomic mass is 19.4. The number of fused-ring (bicyclic) bond motifs is 2. The fourth-order valence-corrected chi connectivity index (χ4v) is 5.09. The average Bonchev–Trinajstić information content (AvgIpc) is 3.46. The summed E-state index contributed by atoms with van der Waals surface area (Å²) in [6.45, 7) is 3.77. The Morgan fingerprint density at radius 3 is 2.50 bits per heavy atom. The summed E-state index contributed by atoms with van der Waals surface area (Å²) >= 11 is 0. The molecule has 8 nitrogen and oxygen atoms in total. The highest BCUT2D eigenvalue weighted by molar-refractivity contribution is 5.70. The number of carboxylic acid groups (broad SMARTS) is 1. The van der Waals surface area contributed by atoms with Crippen molar-refractivity contribution in [3.63, 3.8) is 0 Å². The predicted octanol–water partition coefficient (Wildman–Crippen LogP) is 5.72. The maximum atomic E-state index is 14.1. The number of halogens is 3. The van der Waals surface area contributed by atoms with Crippen LogP contribution >= 0.6 is 0 Å². The second-order valence-electron chi connectivity index (χ2n) is 10.7. The van der Waals surface area contributed by atoms with E-state index in [-0.39, 0.29) is 36.9 Å². The lowest BCUT2D eigenvalue weighted by atomic mass is 9.96. The van der Waals surface area contributed by atoms with Crippen LogP contribution in [0.25, 0.3) is 11.4 Å². The van der Waals surface area contributed by atoms with E-state index in [2.05, 4.69) is 9.97 Å². The van der Waals surface area contributed by atoms with Crippen molar-refractivity contribution in [1.29, 1.82) is 0 Å². The first-order valence-corrected chi connectivity index (χ1v) is 12.9. The number of nitrogens with zero attached hydrogens (tertiary/aromatic N) is 2. The Bertz CT molecular complexity index is 1400. The topological polar surface area (TPSA) is 111 Å². The number of aliphatic carboxylic acids is 1. The van der Waals surface area contributed by atoms with Gasteiger partial charge in [-0.05, 0) is 49.9 Å². The van der Waals surface area contributed by atoms with Crippen molar-refractivity contribution in [3.8, 4) is 28.6 Å². The number of hydrogen-bond donors (Lipinski definition) is 2. The van der Waals surface area contributed by atoms with Gasteiger partial charge >= 0.3 is 12.1 Å². The van der Waals surface area contributed by atoms with E-state index in [9.17, 15) is 23.1 Å². The Hall–Kier alpha value is -3.86. The van der Waals surface area contributed by atoms with Gasteiger partial charge < -0.3 is 24.4 Å². The standard InChI is InChI=1S/C29H29F3N2O6/c1-28(2,37)9-10-38-18-13-33-27(34-14-18)26-21-6-8-23(20(21)5-7-22(26)29(30,31)32)40-17-3-4-19-16(11-25(35)36)15-39-24(19)12-17/h3-5,7,12-14,16,23,37H,6,8-11,15H2,1-2H3,(H,35,36)/t16?,23-/m1/s1. The quantitative estimate of drug-likeness (QED) is 0.343. The molecule has 2 atom stereocenters. The summed E-state index contributed by atoms with van der Waals surface area (Å²) in [4.78, 5) is 19.5. The van der Waals surface area contributed by atoms with Crippen LogP contribution in [0.2, 0.25) is 0 Å². The SMILES string of the molecule is CC(C)(O)CCOc1cnc(-c2c(C(F)(F)F)ccc3c2CC[C@H]3Oc2ccc3c(c2)OCC3CC(=O)O)nc1. The molecule has 0 spiro atoms. The van der Waals surface area contributed by atoms with Crippen LogP contribution in [0.4, 0.5) is 13.2 Å². The molecule has 0 saturated carbocycles. The van der Waals surface area contributed by atoms with E-state index in [1.807, 2.05) is 0 Å². The van der Waals surface area contributed by atoms with Gasteiger partial charge in [-0.1, -0.05) is 12.1 Å². The van der Waals surface area contributed by atoms with E-state index in [1.165, 1.54) is 18.5 Å². The van der Waals surface area contributed by atoms with Crippen molar-refractivity contribution in [3.05, 3.63) is 65.0 Å². The van der Waals surface area contributed by atoms with E-state index < -0.39 is 29.4 Å². The van der Waals surface area contributed by atoms with Gasteiger partial charge in [0.15, 0.2) is 11.6 Å². The van der Waals surface area contributed by atoms with Gasteiger partial charge in [-0.25, -0.2) is 9.97 Å². The number of carbonyl (C=O) groups is 1. The highest BCUT2D eigenvalue weighted by Crippen LogP contribution is 2.46. The van der Waals surface area contributed by atoms with Crippen LogP contribution in [-0.2, 0) is 17.4 Å². The largest absolute Gasteiger partial charge is 0.492 e. The van der Waals surface area contributed by atoms with Gasteiger partial charge in [0.05, 0.1) is 43.2 Å². The minimum Gasteiger partial charge on any atom is -0.492 e. The maximum absolute atomic E-state index is 14.1. The predicted molar refractivity (Wildman–Crippen MR) is 138 cm³/mol. The van der Waals surface area contributed by atoms with Gasteiger partial charge in [0.25, 0.3) is 0 Å². The molecule has 0 radical (unpaired) electrons. The van der Waals surface area contributed by atoms with E-state index in [0.29, 0.717) is 47.6 Å². The minimum atomic E-state index is -4.61. The Morgan fingerprint density at radius 1 is 1.10 bits per heavy atom. The van der Waals surface area contributed by atoms with Gasteiger partial charge in [0, 0.05) is 29.5 Å². The van der Waals surface area contributed by atoms with Crippen molar-refractivity contribution in [1.82, 2.24) is 9.97 Å². The Labute approximate surface area is 228 Å². The number of alkyl halides is 3. The zero-order chi connectivity index (χ0) is 28.7. The molecule has 40 heavy (non-hydrogen) atoms. The molecule has 0 fully saturated rings. The number of benzene rings is 2. The molecule has 2 aromatic carbocycles. The smallest absolute Gasteiger partial charge is 0.417 e. The Morgan fingerprint density at radius 2 is 1.82 bits per heavy atom. The fourth-order valence-electron chi connectivity index (χ4n) is 5.09. The van der Waals surface area contributed by atoms with Crippen LogP contribution in [0.15, 0.2) is 42.7 Å². The van der Waals surface area contributed by atoms with Crippen molar-refractivity contribution < 1.29 is 42.4 Å². The summed E-state index contributed by atoms with van der Waals surface area (Å²) in [5.41, 5.74) is 0.0901. The van der Waals surface area contributed by atoms with Crippen molar-refractivity contribution in [2.24, 2.45) is 0 Å². The van der Waals surface area contributed by atoms with E-state index in [0.717, 1.165) is 11.6 Å². The maximum Gasteiger partial charge on any atom is 0.417 e. The Kier molecular flexibility index (Phi) is 7.34. The number of rotatable bonds is 9. The van der Waals surface area contributed by atoms with Gasteiger partial charge in [-0.2, -0.15) is 13.2 Å². The molecular formula is C29H29F3N2O6. The molecule has 1 unspecified atom stereocenters. The molecule has 0 bridgehead atoms. The molecule has 2 aliphatic rings. The molecule has 212 valence electrons. The molecule has 11 heteroatoms. The van der Waals surface area contributed by atoms with Crippen LogP contribution in [0, 0.1) is 0 Å². The third kappa shape index (κ3) is 5.99. The average molecular weight is 559 g/mol. The molecule has 5 rings (SSSR count). The van der Waals surface area contributed by atoms with Crippen LogP contribution in [-0.4, -0.2) is 45.0 Å². The van der Waals surface area contributed by atoms with Crippen molar-refractivity contribution in [2.75, 3.05) is 13.2 Å². The fraction of sp³-hybridized carbons (Fsp3) is 0.414. The third-order valence-corrected chi connectivity index (χ3v) is 7.06. The summed E-state index contributed by atoms with van der Waals surface area (Å²) in [5.74, 6) is 0.117. The van der Waals surface area contributed by atoms with E-state index in [4.69, 9.17) is 19.3 Å². The molecule has 1 aliphatic carbocycles. The van der Waals surface area contributed by atoms with E-state index >= 15 is 0 Å².